The molecule has 4 rings (SSSR count). The second kappa shape index (κ2) is 7.33. The maximum Gasteiger partial charge on any atom is 0.231 e. The zero-order valence-electron chi connectivity index (χ0n) is 14.7. The third-order valence-corrected chi connectivity index (χ3v) is 5.51. The lowest BCUT2D eigenvalue weighted by Crippen LogP contribution is -2.42. The topological polar surface area (TPSA) is 51.0 Å². The Balaban J connectivity index is 1.86. The molecule has 7 heteroatoms. The fraction of sp³-hybridized carbons (Fsp3) is 0.250. The van der Waals surface area contributed by atoms with Gasteiger partial charge in [0, 0.05) is 16.5 Å². The van der Waals surface area contributed by atoms with Crippen LogP contribution in [0.5, 0.6) is 0 Å². The molecule has 2 aromatic carbocycles. The molecule has 0 saturated carbocycles. The Kier molecular flexibility index (Phi) is 4.89. The van der Waals surface area contributed by atoms with Crippen molar-refractivity contribution in [3.63, 3.8) is 0 Å². The largest absolute Gasteiger partial charge is 0.274 e. The summed E-state index contributed by atoms with van der Waals surface area (Å²) < 4.78 is 1.79. The number of aromatic nitrogens is 3. The molecule has 1 aromatic heterocycles. The minimum Gasteiger partial charge on any atom is -0.274 e. The molecular formula is C20H18Cl2N4O. The summed E-state index contributed by atoms with van der Waals surface area (Å²) >= 11 is 12.5. The second-order valence-electron chi connectivity index (χ2n) is 6.46. The van der Waals surface area contributed by atoms with Crippen molar-refractivity contribution >= 4 is 35.1 Å². The van der Waals surface area contributed by atoms with Crippen LogP contribution in [-0.2, 0) is 4.79 Å². The van der Waals surface area contributed by atoms with Crippen LogP contribution in [0.2, 0.25) is 10.0 Å². The van der Waals surface area contributed by atoms with Crippen molar-refractivity contribution in [1.82, 2.24) is 14.8 Å². The maximum absolute atomic E-state index is 12.8. The average molecular weight is 401 g/mol. The molecule has 0 spiro atoms. The van der Waals surface area contributed by atoms with E-state index in [9.17, 15) is 4.79 Å². The molecule has 2 heterocycles. The quantitative estimate of drug-likeness (QED) is 0.616. The SMILES string of the molecule is CCC(=O)N1c2ncnn2[C@@H](c2ccccc2Cl)C[C@@H]1c1ccc(Cl)cc1. The van der Waals surface area contributed by atoms with E-state index in [0.29, 0.717) is 28.8 Å². The molecule has 1 aliphatic heterocycles. The normalized spacial score (nSPS) is 19.0. The van der Waals surface area contributed by atoms with Gasteiger partial charge in [-0.2, -0.15) is 10.1 Å². The predicted molar refractivity (Wildman–Crippen MR) is 106 cm³/mol. The third kappa shape index (κ3) is 3.22. The van der Waals surface area contributed by atoms with Crippen LogP contribution in [0.3, 0.4) is 0 Å². The number of hydrogen-bond donors (Lipinski definition) is 0. The molecule has 0 bridgehead atoms. The smallest absolute Gasteiger partial charge is 0.231 e. The lowest BCUT2D eigenvalue weighted by atomic mass is 9.91. The van der Waals surface area contributed by atoms with E-state index in [0.717, 1.165) is 11.1 Å². The Morgan fingerprint density at radius 1 is 1.11 bits per heavy atom. The summed E-state index contributed by atoms with van der Waals surface area (Å²) in [5.41, 5.74) is 1.97. The molecular weight excluding hydrogens is 383 g/mol. The second-order valence-corrected chi connectivity index (χ2v) is 7.31. The molecule has 2 atom stereocenters. The number of nitrogens with zero attached hydrogens (tertiary/aromatic N) is 4. The maximum atomic E-state index is 12.8. The van der Waals surface area contributed by atoms with Crippen LogP contribution in [0, 0.1) is 0 Å². The van der Waals surface area contributed by atoms with Gasteiger partial charge >= 0.3 is 0 Å². The fourth-order valence-corrected chi connectivity index (χ4v) is 4.01. The molecule has 27 heavy (non-hydrogen) atoms. The lowest BCUT2D eigenvalue weighted by Gasteiger charge is -2.39. The van der Waals surface area contributed by atoms with Gasteiger partial charge in [0.1, 0.15) is 6.33 Å². The first-order valence-electron chi connectivity index (χ1n) is 8.81. The minimum atomic E-state index is -0.173. The number of carbonyl (C=O) groups excluding carboxylic acids is 1. The highest BCUT2D eigenvalue weighted by atomic mass is 35.5. The molecule has 0 radical (unpaired) electrons. The lowest BCUT2D eigenvalue weighted by molar-refractivity contribution is -0.119. The number of amides is 1. The summed E-state index contributed by atoms with van der Waals surface area (Å²) in [4.78, 5) is 18.9. The molecule has 0 unspecified atom stereocenters. The fourth-order valence-electron chi connectivity index (χ4n) is 3.62. The van der Waals surface area contributed by atoms with Gasteiger partial charge in [-0.05, 0) is 35.7 Å². The Hall–Kier alpha value is -2.37. The standard InChI is InChI=1S/C20H18Cl2N4O/c1-2-19(27)25-17(13-7-9-14(21)10-8-13)11-18(26-20(25)23-12-24-26)15-5-3-4-6-16(15)22/h3-10,12,17-18H,2,11H2,1H3/t17-,18-/m1/s1. The van der Waals surface area contributed by atoms with E-state index < -0.39 is 0 Å². The van der Waals surface area contributed by atoms with E-state index in [1.54, 1.807) is 9.58 Å². The van der Waals surface area contributed by atoms with Crippen LogP contribution in [0.25, 0.3) is 0 Å². The number of hydrogen-bond acceptors (Lipinski definition) is 3. The van der Waals surface area contributed by atoms with E-state index in [1.165, 1.54) is 6.33 Å². The minimum absolute atomic E-state index is 0.00167. The highest BCUT2D eigenvalue weighted by molar-refractivity contribution is 6.31. The summed E-state index contributed by atoms with van der Waals surface area (Å²) in [5.74, 6) is 0.541. The van der Waals surface area contributed by atoms with Gasteiger partial charge in [0.05, 0.1) is 12.1 Å². The summed E-state index contributed by atoms with van der Waals surface area (Å²) in [6.07, 6.45) is 2.51. The first-order valence-corrected chi connectivity index (χ1v) is 9.57. The van der Waals surface area contributed by atoms with E-state index >= 15 is 0 Å². The van der Waals surface area contributed by atoms with Crippen LogP contribution >= 0.6 is 23.2 Å². The van der Waals surface area contributed by atoms with E-state index in [4.69, 9.17) is 23.2 Å². The predicted octanol–water partition coefficient (Wildman–Crippen LogP) is 5.06. The van der Waals surface area contributed by atoms with Crippen molar-refractivity contribution < 1.29 is 4.79 Å². The third-order valence-electron chi connectivity index (χ3n) is 4.91. The Labute approximate surface area is 167 Å². The highest BCUT2D eigenvalue weighted by Gasteiger charge is 2.39. The summed E-state index contributed by atoms with van der Waals surface area (Å²) in [6, 6.07) is 15.0. The Morgan fingerprint density at radius 3 is 2.56 bits per heavy atom. The van der Waals surface area contributed by atoms with E-state index in [1.807, 2.05) is 55.5 Å². The van der Waals surface area contributed by atoms with Crippen molar-refractivity contribution in [3.05, 3.63) is 76.0 Å². The van der Waals surface area contributed by atoms with Gasteiger partial charge < -0.3 is 0 Å². The zero-order valence-corrected chi connectivity index (χ0v) is 16.2. The van der Waals surface area contributed by atoms with E-state index in [2.05, 4.69) is 10.1 Å². The molecule has 0 fully saturated rings. The molecule has 3 aromatic rings. The van der Waals surface area contributed by atoms with Gasteiger partial charge in [0.2, 0.25) is 11.9 Å². The van der Waals surface area contributed by atoms with Crippen LogP contribution in [0.1, 0.15) is 43.0 Å². The molecule has 1 amide bonds. The summed E-state index contributed by atoms with van der Waals surface area (Å²) in [6.45, 7) is 1.85. The van der Waals surface area contributed by atoms with Crippen molar-refractivity contribution in [1.29, 1.82) is 0 Å². The molecule has 0 N–H and O–H groups in total. The van der Waals surface area contributed by atoms with Gasteiger partial charge in [0.15, 0.2) is 0 Å². The van der Waals surface area contributed by atoms with Crippen LogP contribution in [-0.4, -0.2) is 20.7 Å². The monoisotopic (exact) mass is 400 g/mol. The van der Waals surface area contributed by atoms with Gasteiger partial charge in [-0.15, -0.1) is 0 Å². The van der Waals surface area contributed by atoms with Crippen LogP contribution in [0.15, 0.2) is 54.9 Å². The number of benzene rings is 2. The van der Waals surface area contributed by atoms with Gasteiger partial charge in [0.25, 0.3) is 0 Å². The average Bonchev–Trinajstić information content (AvgIpc) is 3.17. The number of halogens is 2. The summed E-state index contributed by atoms with van der Waals surface area (Å²) in [5, 5.41) is 5.73. The van der Waals surface area contributed by atoms with E-state index in [-0.39, 0.29) is 18.0 Å². The van der Waals surface area contributed by atoms with Crippen molar-refractivity contribution in [2.75, 3.05) is 4.90 Å². The number of rotatable bonds is 3. The Bertz CT molecular complexity index is 970. The van der Waals surface area contributed by atoms with Crippen LogP contribution in [0.4, 0.5) is 5.95 Å². The van der Waals surface area contributed by atoms with Crippen LogP contribution < -0.4 is 4.90 Å². The number of carbonyl (C=O) groups is 1. The summed E-state index contributed by atoms with van der Waals surface area (Å²) in [7, 11) is 0. The Morgan fingerprint density at radius 2 is 1.85 bits per heavy atom. The highest BCUT2D eigenvalue weighted by Crippen LogP contribution is 2.43. The van der Waals surface area contributed by atoms with Crippen molar-refractivity contribution in [2.45, 2.75) is 31.8 Å². The first kappa shape index (κ1) is 18.0. The molecule has 138 valence electrons. The molecule has 1 aliphatic rings. The van der Waals surface area contributed by atoms with Gasteiger partial charge in [-0.25, -0.2) is 4.68 Å². The molecule has 0 saturated heterocycles. The van der Waals surface area contributed by atoms with Crippen molar-refractivity contribution in [2.24, 2.45) is 0 Å². The first-order chi connectivity index (χ1) is 13.1. The van der Waals surface area contributed by atoms with Gasteiger partial charge in [-0.3, -0.25) is 9.69 Å². The zero-order chi connectivity index (χ0) is 19.0. The van der Waals surface area contributed by atoms with Gasteiger partial charge in [-0.1, -0.05) is 60.5 Å². The van der Waals surface area contributed by atoms with Crippen molar-refractivity contribution in [3.8, 4) is 0 Å². The number of fused-ring (bicyclic) bond motifs is 1. The molecule has 0 aliphatic carbocycles. The number of anilines is 1. The molecule has 5 nitrogen and oxygen atoms in total.